The Hall–Kier alpha value is -2.44. The number of H-pyrrole nitrogens is 1. The van der Waals surface area contributed by atoms with Gasteiger partial charge in [0, 0.05) is 27.4 Å². The number of halogens is 1. The normalized spacial score (nSPS) is 14.8. The zero-order chi connectivity index (χ0) is 17.0. The number of nitrogens with zero attached hydrogens (tertiary/aromatic N) is 2. The Kier molecular flexibility index (Phi) is 3.33. The molecule has 7 heteroatoms. The molecule has 1 aliphatic rings. The fraction of sp³-hybridized carbons (Fsp3) is 0.118. The number of benzene rings is 1. The summed E-state index contributed by atoms with van der Waals surface area (Å²) in [6.07, 6.45) is 1.32. The molecule has 1 aromatic carbocycles. The first-order valence-corrected chi connectivity index (χ1v) is 8.46. The minimum atomic E-state index is -0.365. The lowest BCUT2D eigenvalue weighted by molar-refractivity contribution is -0.120. The van der Waals surface area contributed by atoms with E-state index in [-0.39, 0.29) is 11.8 Å². The Labute approximate surface area is 146 Å². The monoisotopic (exact) mass is 357 g/mol. The summed E-state index contributed by atoms with van der Waals surface area (Å²) in [6, 6.07) is 7.50. The number of hydrogen-bond acceptors (Lipinski definition) is 4. The predicted molar refractivity (Wildman–Crippen MR) is 95.4 cm³/mol. The number of carbonyl (C=O) groups excluding carboxylic acids is 2. The van der Waals surface area contributed by atoms with Crippen LogP contribution in [0.25, 0.3) is 20.7 Å². The van der Waals surface area contributed by atoms with Crippen LogP contribution in [0, 0.1) is 6.92 Å². The van der Waals surface area contributed by atoms with Gasteiger partial charge in [-0.2, -0.15) is 5.10 Å². The van der Waals surface area contributed by atoms with Gasteiger partial charge in [0.1, 0.15) is 0 Å². The van der Waals surface area contributed by atoms with E-state index in [9.17, 15) is 9.59 Å². The highest BCUT2D eigenvalue weighted by atomic mass is 35.5. The van der Waals surface area contributed by atoms with Gasteiger partial charge in [-0.3, -0.25) is 14.7 Å². The number of rotatable bonds is 2. The summed E-state index contributed by atoms with van der Waals surface area (Å²) in [5, 5.41) is 8.85. The second kappa shape index (κ2) is 5.29. The number of nitrogens with one attached hydrogen (secondary N) is 1. The van der Waals surface area contributed by atoms with Crippen LogP contribution in [0.4, 0.5) is 5.82 Å². The van der Waals surface area contributed by atoms with Gasteiger partial charge in [0.05, 0.1) is 10.6 Å². The summed E-state index contributed by atoms with van der Waals surface area (Å²) in [4.78, 5) is 26.1. The van der Waals surface area contributed by atoms with E-state index in [0.717, 1.165) is 31.1 Å². The minimum Gasteiger partial charge on any atom is -0.275 e. The zero-order valence-corrected chi connectivity index (χ0v) is 14.5. The molecule has 0 radical (unpaired) electrons. The molecular weight excluding hydrogens is 346 g/mol. The molecule has 24 heavy (non-hydrogen) atoms. The van der Waals surface area contributed by atoms with Gasteiger partial charge in [-0.05, 0) is 43.0 Å². The topological polar surface area (TPSA) is 66.1 Å². The molecule has 0 fully saturated rings. The van der Waals surface area contributed by atoms with Crippen LogP contribution in [0.1, 0.15) is 12.5 Å². The molecule has 0 bridgehead atoms. The number of aromatic amines is 1. The van der Waals surface area contributed by atoms with Gasteiger partial charge >= 0.3 is 0 Å². The van der Waals surface area contributed by atoms with Gasteiger partial charge in [-0.15, -0.1) is 11.3 Å². The maximum absolute atomic E-state index is 12.1. The molecule has 0 aliphatic carbocycles. The van der Waals surface area contributed by atoms with Crippen molar-refractivity contribution in [2.24, 2.45) is 0 Å². The van der Waals surface area contributed by atoms with Crippen molar-refractivity contribution in [3.63, 3.8) is 0 Å². The van der Waals surface area contributed by atoms with Crippen molar-refractivity contribution in [3.05, 3.63) is 46.5 Å². The van der Waals surface area contributed by atoms with Gasteiger partial charge < -0.3 is 0 Å². The van der Waals surface area contributed by atoms with Crippen molar-refractivity contribution in [3.8, 4) is 10.6 Å². The highest BCUT2D eigenvalue weighted by molar-refractivity contribution is 7.22. The number of amides is 2. The average Bonchev–Trinajstić information content (AvgIpc) is 3.19. The lowest BCUT2D eigenvalue weighted by atomic mass is 10.1. The van der Waals surface area contributed by atoms with E-state index in [2.05, 4.69) is 10.2 Å². The first kappa shape index (κ1) is 15.1. The Bertz CT molecular complexity index is 1050. The van der Waals surface area contributed by atoms with Crippen molar-refractivity contribution in [1.29, 1.82) is 0 Å². The van der Waals surface area contributed by atoms with Crippen LogP contribution in [0.3, 0.4) is 0 Å². The highest BCUT2D eigenvalue weighted by Crippen LogP contribution is 2.39. The molecule has 0 spiro atoms. The molecule has 3 aromatic rings. The molecule has 1 aliphatic heterocycles. The quantitative estimate of drug-likeness (QED) is 0.703. The summed E-state index contributed by atoms with van der Waals surface area (Å²) in [7, 11) is 0. The summed E-state index contributed by atoms with van der Waals surface area (Å²) in [5.74, 6) is -0.392. The van der Waals surface area contributed by atoms with Crippen LogP contribution < -0.4 is 4.90 Å². The van der Waals surface area contributed by atoms with Crippen LogP contribution >= 0.6 is 22.9 Å². The van der Waals surface area contributed by atoms with E-state index in [1.54, 1.807) is 24.3 Å². The van der Waals surface area contributed by atoms with E-state index in [4.69, 9.17) is 11.6 Å². The van der Waals surface area contributed by atoms with Crippen molar-refractivity contribution in [1.82, 2.24) is 10.2 Å². The van der Waals surface area contributed by atoms with E-state index in [0.29, 0.717) is 16.4 Å². The van der Waals surface area contributed by atoms with Crippen LogP contribution in [-0.2, 0) is 9.59 Å². The van der Waals surface area contributed by atoms with Crippen molar-refractivity contribution in [2.45, 2.75) is 13.8 Å². The molecule has 120 valence electrons. The van der Waals surface area contributed by atoms with E-state index in [1.807, 2.05) is 25.1 Å². The maximum Gasteiger partial charge on any atom is 0.262 e. The number of aryl methyl sites for hydroxylation is 1. The van der Waals surface area contributed by atoms with Crippen molar-refractivity contribution < 1.29 is 9.59 Å². The zero-order valence-electron chi connectivity index (χ0n) is 12.9. The number of imide groups is 1. The smallest absolute Gasteiger partial charge is 0.262 e. The molecule has 3 heterocycles. The maximum atomic E-state index is 12.1. The van der Waals surface area contributed by atoms with E-state index in [1.165, 1.54) is 6.08 Å². The molecule has 5 nitrogen and oxygen atoms in total. The molecule has 0 saturated carbocycles. The summed E-state index contributed by atoms with van der Waals surface area (Å²) < 4.78 is 1.12. The molecule has 2 amide bonds. The number of anilines is 1. The van der Waals surface area contributed by atoms with Crippen LogP contribution in [0.2, 0.25) is 5.02 Å². The Morgan fingerprint density at radius 3 is 2.71 bits per heavy atom. The third-order valence-electron chi connectivity index (χ3n) is 4.04. The summed E-state index contributed by atoms with van der Waals surface area (Å²) >= 11 is 7.69. The molecule has 0 unspecified atom stereocenters. The second-order valence-corrected chi connectivity index (χ2v) is 7.13. The largest absolute Gasteiger partial charge is 0.275 e. The first-order valence-electron chi connectivity index (χ1n) is 7.27. The predicted octanol–water partition coefficient (Wildman–Crippen LogP) is 4.07. The van der Waals surface area contributed by atoms with Gasteiger partial charge in [0.25, 0.3) is 11.8 Å². The fourth-order valence-electron chi connectivity index (χ4n) is 2.80. The molecule has 0 atom stereocenters. The van der Waals surface area contributed by atoms with Gasteiger partial charge in [-0.1, -0.05) is 11.6 Å². The third-order valence-corrected chi connectivity index (χ3v) is 5.58. The standard InChI is InChI=1S/C17H12ClN3O2S/c1-8-5-15(22)21(17(8)23)14-7-12(19-20-14)16-9(2)11-6-10(18)3-4-13(11)24-16/h3-7H,1-2H3,(H,19,20). The van der Waals surface area contributed by atoms with Gasteiger partial charge in [-0.25, -0.2) is 4.90 Å². The Morgan fingerprint density at radius 1 is 1.21 bits per heavy atom. The second-order valence-electron chi connectivity index (χ2n) is 5.64. The van der Waals surface area contributed by atoms with Crippen molar-refractivity contribution in [2.75, 3.05) is 4.90 Å². The Morgan fingerprint density at radius 2 is 2.00 bits per heavy atom. The van der Waals surface area contributed by atoms with Gasteiger partial charge in [0.2, 0.25) is 0 Å². The first-order chi connectivity index (χ1) is 11.5. The summed E-state index contributed by atoms with van der Waals surface area (Å²) in [6.45, 7) is 3.64. The number of carbonyl (C=O) groups is 2. The highest BCUT2D eigenvalue weighted by Gasteiger charge is 2.31. The lowest BCUT2D eigenvalue weighted by Gasteiger charge is -2.09. The molecule has 4 rings (SSSR count). The van der Waals surface area contributed by atoms with Crippen LogP contribution in [0.15, 0.2) is 35.9 Å². The number of thiophene rings is 1. The fourth-order valence-corrected chi connectivity index (χ4v) is 4.12. The SMILES string of the molecule is CC1=CC(=O)N(c2cc(-c3sc4ccc(Cl)cc4c3C)[nH]n2)C1=O. The average molecular weight is 358 g/mol. The molecular formula is C17H12ClN3O2S. The number of aromatic nitrogens is 2. The van der Waals surface area contributed by atoms with Crippen LogP contribution in [0.5, 0.6) is 0 Å². The minimum absolute atomic E-state index is 0.308. The van der Waals surface area contributed by atoms with Crippen molar-refractivity contribution >= 4 is 50.7 Å². The lowest BCUT2D eigenvalue weighted by Crippen LogP contribution is -2.30. The Balaban J connectivity index is 1.77. The van der Waals surface area contributed by atoms with E-state index < -0.39 is 0 Å². The summed E-state index contributed by atoms with van der Waals surface area (Å²) in [5.41, 5.74) is 2.27. The van der Waals surface area contributed by atoms with Crippen LogP contribution in [-0.4, -0.2) is 22.0 Å². The van der Waals surface area contributed by atoms with Gasteiger partial charge in [0.15, 0.2) is 5.82 Å². The number of hydrogen-bond donors (Lipinski definition) is 1. The van der Waals surface area contributed by atoms with E-state index >= 15 is 0 Å². The number of fused-ring (bicyclic) bond motifs is 1. The molecule has 1 N–H and O–H groups in total. The third kappa shape index (κ3) is 2.18. The molecule has 0 saturated heterocycles. The molecule has 2 aromatic heterocycles.